The van der Waals surface area contributed by atoms with Gasteiger partial charge in [0.05, 0.1) is 20.3 Å². The average molecular weight is 515 g/mol. The fourth-order valence-electron chi connectivity index (χ4n) is 2.94. The van der Waals surface area contributed by atoms with Crippen LogP contribution in [0.5, 0.6) is 0 Å². The summed E-state index contributed by atoms with van der Waals surface area (Å²) < 4.78 is 6.54. The van der Waals surface area contributed by atoms with Crippen LogP contribution in [-0.2, 0) is 25.7 Å². The number of aliphatic hydroxyl groups is 1. The Morgan fingerprint density at radius 1 is 1.14 bits per heavy atom. The van der Waals surface area contributed by atoms with Gasteiger partial charge < -0.3 is 25.8 Å². The zero-order chi connectivity index (χ0) is 26.3. The molecule has 2 heterocycles. The van der Waals surface area contributed by atoms with Crippen LogP contribution in [0.1, 0.15) is 31.3 Å². The summed E-state index contributed by atoms with van der Waals surface area (Å²) in [5, 5.41) is 24.1. The number of hydrogen-bond acceptors (Lipinski definition) is 10. The molecule has 0 aliphatic rings. The number of nitrogens with one attached hydrogen (secondary N) is 3. The summed E-state index contributed by atoms with van der Waals surface area (Å²) in [6, 6.07) is -3.50. The Bertz CT molecular complexity index is 1150. The van der Waals surface area contributed by atoms with Gasteiger partial charge in [0.2, 0.25) is 11.8 Å². The molecule has 35 heavy (non-hydrogen) atoms. The summed E-state index contributed by atoms with van der Waals surface area (Å²) >= 11 is 5.62. The van der Waals surface area contributed by atoms with Crippen molar-refractivity contribution in [2.75, 3.05) is 19.6 Å². The summed E-state index contributed by atoms with van der Waals surface area (Å²) in [6.45, 7) is 4.12. The van der Waals surface area contributed by atoms with Gasteiger partial charge in [-0.05, 0) is 12.8 Å². The molecule has 0 radical (unpaired) electrons. The fraction of sp³-hybridized carbons (Fsp3) is 0.579. The zero-order valence-electron chi connectivity index (χ0n) is 19.5. The Balaban J connectivity index is 2.11. The summed E-state index contributed by atoms with van der Waals surface area (Å²) in [4.78, 5) is 65.8. The minimum Gasteiger partial charge on any atom is -0.467 e. The lowest BCUT2D eigenvalue weighted by Crippen LogP contribution is -2.57. The number of aromatic nitrogens is 5. The second kappa shape index (κ2) is 12.2. The zero-order valence-corrected chi connectivity index (χ0v) is 20.3. The summed E-state index contributed by atoms with van der Waals surface area (Å²) in [7, 11) is 1.10. The Hall–Kier alpha value is -3.59. The Morgan fingerprint density at radius 3 is 2.40 bits per heavy atom. The van der Waals surface area contributed by atoms with E-state index in [0.29, 0.717) is 0 Å². The van der Waals surface area contributed by atoms with E-state index in [4.69, 9.17) is 11.6 Å². The van der Waals surface area contributed by atoms with Crippen molar-refractivity contribution in [3.05, 3.63) is 22.5 Å². The van der Waals surface area contributed by atoms with E-state index in [1.54, 1.807) is 13.8 Å². The molecule has 0 unspecified atom stereocenters. The molecule has 0 saturated heterocycles. The molecule has 192 valence electrons. The third-order valence-corrected chi connectivity index (χ3v) is 5.07. The molecule has 0 aliphatic heterocycles. The number of methoxy groups -OCH3 is 1. The quantitative estimate of drug-likeness (QED) is 0.182. The first-order valence-electron chi connectivity index (χ1n) is 10.5. The van der Waals surface area contributed by atoms with Gasteiger partial charge in [0.25, 0.3) is 5.91 Å². The molecule has 2 rings (SSSR count). The monoisotopic (exact) mass is 514 g/mol. The predicted molar refractivity (Wildman–Crippen MR) is 120 cm³/mol. The van der Waals surface area contributed by atoms with Gasteiger partial charge in [-0.25, -0.2) is 19.0 Å². The van der Waals surface area contributed by atoms with Gasteiger partial charge in [0, 0.05) is 5.88 Å². The van der Waals surface area contributed by atoms with Crippen LogP contribution in [0, 0.1) is 5.92 Å². The number of aryl methyl sites for hydroxylation is 1. The van der Waals surface area contributed by atoms with Crippen molar-refractivity contribution < 1.29 is 29.0 Å². The molecule has 3 atom stereocenters. The van der Waals surface area contributed by atoms with Crippen LogP contribution in [0.15, 0.2) is 11.1 Å². The van der Waals surface area contributed by atoms with E-state index in [-0.39, 0.29) is 23.8 Å². The highest BCUT2D eigenvalue weighted by molar-refractivity contribution is 6.17. The molecule has 0 saturated carbocycles. The molecule has 16 heteroatoms. The lowest BCUT2D eigenvalue weighted by atomic mass is 10.0. The minimum absolute atomic E-state index is 0.108. The van der Waals surface area contributed by atoms with E-state index in [9.17, 15) is 29.1 Å². The van der Waals surface area contributed by atoms with Crippen LogP contribution in [0.3, 0.4) is 0 Å². The number of rotatable bonds is 11. The summed E-state index contributed by atoms with van der Waals surface area (Å²) in [5.41, 5.74) is -0.926. The Labute approximate surface area is 204 Å². The van der Waals surface area contributed by atoms with Gasteiger partial charge in [-0.1, -0.05) is 19.1 Å². The van der Waals surface area contributed by atoms with Gasteiger partial charge in [-0.15, -0.1) is 16.7 Å². The number of fused-ring (bicyclic) bond motifs is 1. The second-order valence-corrected chi connectivity index (χ2v) is 8.14. The van der Waals surface area contributed by atoms with E-state index in [1.807, 2.05) is 0 Å². The highest BCUT2D eigenvalue weighted by atomic mass is 35.5. The van der Waals surface area contributed by atoms with Gasteiger partial charge in [0.1, 0.15) is 18.4 Å². The number of ether oxygens (including phenoxy) is 1. The number of hydrogen-bond donors (Lipinski definition) is 4. The van der Waals surface area contributed by atoms with Gasteiger partial charge >= 0.3 is 11.7 Å². The first kappa shape index (κ1) is 27.7. The van der Waals surface area contributed by atoms with E-state index < -0.39 is 60.0 Å². The van der Waals surface area contributed by atoms with Crippen molar-refractivity contribution >= 4 is 40.9 Å². The lowest BCUT2D eigenvalue weighted by molar-refractivity contribution is -0.146. The molecule has 0 spiro atoms. The van der Waals surface area contributed by atoms with Crippen LogP contribution < -0.4 is 21.6 Å². The molecule has 0 aliphatic carbocycles. The third-order valence-electron chi connectivity index (χ3n) is 4.90. The Morgan fingerprint density at radius 2 is 1.83 bits per heavy atom. The van der Waals surface area contributed by atoms with Crippen molar-refractivity contribution in [2.24, 2.45) is 5.92 Å². The molecule has 15 nitrogen and oxygen atoms in total. The third kappa shape index (κ3) is 6.51. The van der Waals surface area contributed by atoms with Crippen LogP contribution >= 0.6 is 11.6 Å². The number of alkyl halides is 1. The van der Waals surface area contributed by atoms with E-state index >= 15 is 0 Å². The Kier molecular flexibility index (Phi) is 9.65. The maximum Gasteiger partial charge on any atom is 0.353 e. The van der Waals surface area contributed by atoms with Gasteiger partial charge in [-0.2, -0.15) is 4.68 Å². The molecule has 2 aromatic heterocycles. The van der Waals surface area contributed by atoms with Crippen LogP contribution in [0.4, 0.5) is 0 Å². The molecule has 3 amide bonds. The standard InChI is InChI=1S/C19H27ClN8O7/c1-9(2)12(16(31)23-11(7-29)18(33)35-4)24-15(30)10(3)22-17(32)13-14-25-26-28(6-5-20)19(34)27(14)8-21-13/h8-12,29H,5-7H2,1-4H3,(H,22,32)(H,23,31)(H,24,30)/t10-,11-,12-/m0/s1. The number of imidazole rings is 1. The number of carbonyl (C=O) groups excluding carboxylic acids is 4. The first-order chi connectivity index (χ1) is 16.5. The number of nitrogens with zero attached hydrogens (tertiary/aromatic N) is 5. The van der Waals surface area contributed by atoms with Crippen molar-refractivity contribution in [1.82, 2.24) is 40.3 Å². The molecule has 4 N–H and O–H groups in total. The molecule has 2 aromatic rings. The highest BCUT2D eigenvalue weighted by Crippen LogP contribution is 2.06. The van der Waals surface area contributed by atoms with Crippen molar-refractivity contribution in [3.8, 4) is 0 Å². The van der Waals surface area contributed by atoms with Crippen molar-refractivity contribution in [1.29, 1.82) is 0 Å². The maximum atomic E-state index is 12.7. The molecular weight excluding hydrogens is 488 g/mol. The number of halogens is 1. The summed E-state index contributed by atoms with van der Waals surface area (Å²) in [5.74, 6) is -3.34. The predicted octanol–water partition coefficient (Wildman–Crippen LogP) is -2.57. The maximum absolute atomic E-state index is 12.7. The van der Waals surface area contributed by atoms with Crippen LogP contribution in [0.2, 0.25) is 0 Å². The topological polar surface area (TPSA) is 199 Å². The molecule has 0 bridgehead atoms. The van der Waals surface area contributed by atoms with Crippen molar-refractivity contribution in [3.63, 3.8) is 0 Å². The summed E-state index contributed by atoms with van der Waals surface area (Å²) in [6.07, 6.45) is 1.11. The normalized spacial score (nSPS) is 13.7. The average Bonchev–Trinajstić information content (AvgIpc) is 3.26. The SMILES string of the molecule is COC(=O)[C@H](CO)NC(=O)[C@@H](NC(=O)[C@H](C)NC(=O)c1ncn2c(=O)n(CCCl)nnc12)C(C)C. The smallest absolute Gasteiger partial charge is 0.353 e. The minimum atomic E-state index is -1.30. The second-order valence-electron chi connectivity index (χ2n) is 7.76. The van der Waals surface area contributed by atoms with Crippen LogP contribution in [0.25, 0.3) is 5.65 Å². The van der Waals surface area contributed by atoms with Gasteiger partial charge in [-0.3, -0.25) is 14.4 Å². The number of aliphatic hydroxyl groups excluding tert-OH is 1. The number of esters is 1. The number of amides is 3. The van der Waals surface area contributed by atoms with E-state index in [2.05, 4.69) is 36.0 Å². The van der Waals surface area contributed by atoms with E-state index in [1.165, 1.54) is 6.92 Å². The highest BCUT2D eigenvalue weighted by Gasteiger charge is 2.31. The molecule has 0 fully saturated rings. The first-order valence-corrected chi connectivity index (χ1v) is 11.1. The number of carbonyl (C=O) groups is 4. The van der Waals surface area contributed by atoms with Gasteiger partial charge in [0.15, 0.2) is 17.4 Å². The molecular formula is C19H27ClN8O7. The van der Waals surface area contributed by atoms with Crippen LogP contribution in [-0.4, -0.2) is 90.9 Å². The largest absolute Gasteiger partial charge is 0.467 e. The fourth-order valence-corrected chi connectivity index (χ4v) is 3.10. The lowest BCUT2D eigenvalue weighted by Gasteiger charge is -2.25. The van der Waals surface area contributed by atoms with E-state index in [0.717, 1.165) is 22.5 Å². The molecule has 0 aromatic carbocycles. The van der Waals surface area contributed by atoms with Crippen molar-refractivity contribution in [2.45, 2.75) is 45.4 Å².